The number of hydrogen-bond acceptors (Lipinski definition) is 29. The lowest BCUT2D eigenvalue weighted by molar-refractivity contribution is -0.116. The molecule has 37 nitrogen and oxygen atoms in total. The van der Waals surface area contributed by atoms with Crippen LogP contribution >= 0.6 is 0 Å². The van der Waals surface area contributed by atoms with Gasteiger partial charge < -0.3 is 97.8 Å². The second-order valence-electron chi connectivity index (χ2n) is 34.2. The molecule has 13 aromatic heterocycles. The topological polar surface area (TPSA) is 450 Å². The van der Waals surface area contributed by atoms with Crippen LogP contribution in [0.25, 0.3) is 134 Å². The van der Waals surface area contributed by atoms with E-state index >= 15 is 0 Å². The quantitative estimate of drug-likeness (QED) is 0.0278. The molecule has 37 heteroatoms. The maximum Gasteiger partial charge on any atom is 0.232 e. The summed E-state index contributed by atoms with van der Waals surface area (Å²) in [6.45, 7) is 12.0. The van der Waals surface area contributed by atoms with Gasteiger partial charge in [-0.2, -0.15) is 0 Å². The van der Waals surface area contributed by atoms with E-state index in [1.807, 2.05) is 219 Å². The summed E-state index contributed by atoms with van der Waals surface area (Å²) in [5.74, 6) is 6.33. The van der Waals surface area contributed by atoms with Crippen LogP contribution < -0.4 is 40.9 Å². The van der Waals surface area contributed by atoms with Gasteiger partial charge in [0.1, 0.15) is 98.4 Å². The molecule has 0 saturated carbocycles. The third-order valence-corrected chi connectivity index (χ3v) is 24.4. The van der Waals surface area contributed by atoms with E-state index in [1.54, 1.807) is 49.2 Å². The summed E-state index contributed by atoms with van der Waals surface area (Å²) in [5, 5.41) is 30.0. The van der Waals surface area contributed by atoms with E-state index in [1.165, 1.54) is 6.33 Å². The van der Waals surface area contributed by atoms with Crippen LogP contribution in [0.15, 0.2) is 304 Å². The number of aromatic nitrogens is 17. The molecular formula is C107H95N25O12. The zero-order valence-corrected chi connectivity index (χ0v) is 77.8. The summed E-state index contributed by atoms with van der Waals surface area (Å²) in [6, 6.07) is 78.6. The molecule has 4 aliphatic heterocycles. The van der Waals surface area contributed by atoms with Crippen molar-refractivity contribution in [3.63, 3.8) is 0 Å². The van der Waals surface area contributed by atoms with Crippen LogP contribution in [0.1, 0.15) is 23.0 Å². The number of imidazole rings is 2. The zero-order valence-electron chi connectivity index (χ0n) is 77.8. The summed E-state index contributed by atoms with van der Waals surface area (Å²) in [7, 11) is 0. The highest BCUT2D eigenvalue weighted by Gasteiger charge is 2.26. The number of morpholine rings is 4. The summed E-state index contributed by atoms with van der Waals surface area (Å²) in [6.07, 6.45) is 10.5. The van der Waals surface area contributed by atoms with Gasteiger partial charge in [0.15, 0.2) is 17.3 Å². The van der Waals surface area contributed by atoms with Gasteiger partial charge >= 0.3 is 0 Å². The zero-order chi connectivity index (χ0) is 97.3. The van der Waals surface area contributed by atoms with Crippen molar-refractivity contribution in [3.05, 3.63) is 309 Å². The molecule has 17 heterocycles. The lowest BCUT2D eigenvalue weighted by Gasteiger charge is -2.28. The van der Waals surface area contributed by atoms with E-state index in [0.29, 0.717) is 127 Å². The van der Waals surface area contributed by atoms with Gasteiger partial charge in [0.2, 0.25) is 23.6 Å². The standard InChI is InChI=1S/C28H25N5O3.C27H24N6O3.2C26H23N7O3/c34-27(17-22-16-26(32-36-22)19-4-2-1-3-5-19)30-21-8-6-20(7-9-21)25-18-23-24(31-25)10-11-29-28(23)33-12-14-35-15-13-33;34-25(15-21-14-24(32-36-21)18-4-2-1-3-5-18)30-20-8-6-19(7-9-20)23-16-22-26(31-23)28-17-29-27(22)33-10-12-35-13-11-33;34-23(16-20-15-22(32-36-20)17-5-8-27-9-6-17)29-19-3-1-18(2-4-19)25-30-21-7-10-28-26(24(21)31-25)33-11-13-35-14-12-33;34-22(15-20-14-21(32-36-20)17-4-2-1-3-5-17)29-19-8-6-18(7-9-19)24-30-23-25(31-24)27-16-28-26(23)33-10-12-35-13-11-33/h1-11,16,18,31H,12-15,17H2,(H,30,34);1-9,14,16-17H,10-13,15H2,(H,30,34)(H,28,29,31);1-10,15H,11-14,16H2,(H,29,34)(H,30,31);1-9,14,16H,10-13,15H2,(H,29,34)(H,27,28,30,31). The van der Waals surface area contributed by atoms with Gasteiger partial charge in [-0.05, 0) is 120 Å². The Balaban J connectivity index is 0.000000113. The molecule has 0 aliphatic carbocycles. The summed E-state index contributed by atoms with van der Waals surface area (Å²) in [5.41, 5.74) is 20.1. The first-order chi connectivity index (χ1) is 70.9. The highest BCUT2D eigenvalue weighted by molar-refractivity contribution is 5.99. The molecule has 24 rings (SSSR count). The second kappa shape index (κ2) is 43.5. The van der Waals surface area contributed by atoms with Crippen molar-refractivity contribution in [1.82, 2.24) is 85.4 Å². The van der Waals surface area contributed by atoms with Gasteiger partial charge in [0.05, 0.1) is 95.0 Å². The molecular weight excluding hydrogens is 1830 g/mol. The van der Waals surface area contributed by atoms with Crippen molar-refractivity contribution in [2.75, 3.05) is 146 Å². The third kappa shape index (κ3) is 22.3. The number of rotatable bonds is 24. The second-order valence-corrected chi connectivity index (χ2v) is 34.2. The number of anilines is 8. The number of nitrogens with zero attached hydrogens (tertiary/aromatic N) is 17. The van der Waals surface area contributed by atoms with Gasteiger partial charge in [-0.3, -0.25) is 24.2 Å². The predicted octanol–water partition coefficient (Wildman–Crippen LogP) is 16.6. The first kappa shape index (κ1) is 92.3. The van der Waals surface area contributed by atoms with Crippen LogP contribution in [-0.2, 0) is 63.8 Å². The number of amides is 4. The minimum atomic E-state index is -0.190. The van der Waals surface area contributed by atoms with E-state index in [9.17, 15) is 19.2 Å². The lowest BCUT2D eigenvalue weighted by atomic mass is 10.1. The number of carbonyl (C=O) groups is 4. The van der Waals surface area contributed by atoms with Crippen LogP contribution in [-0.4, -0.2) is 214 Å². The number of carbonyl (C=O) groups excluding carboxylic acids is 4. The SMILES string of the molecule is O=C(Cc1cc(-c2ccccc2)no1)Nc1ccc(-c2cc3c(N4CCOCC4)nccc3[nH]2)cc1.O=C(Cc1cc(-c2ccccc2)no1)Nc1ccc(-c2cc3c(N4CCOCC4)ncnc3[nH]2)cc1.O=C(Cc1cc(-c2ccccc2)no1)Nc1ccc(-c2nc3ncnc(N4CCOCC4)c3[nH]2)cc1.O=C(Cc1cc(-c2ccncc2)no1)Nc1ccc(-c2nc3c(N4CCOCC4)nccc3[nH]2)cc1. The number of ether oxygens (including phenoxy) is 4. The number of hydrogen-bond donors (Lipinski definition) is 8. The Morgan fingerprint density at radius 3 is 1.09 bits per heavy atom. The summed E-state index contributed by atoms with van der Waals surface area (Å²) in [4.78, 5) is 113. The lowest BCUT2D eigenvalue weighted by Crippen LogP contribution is -2.36. The molecule has 20 aromatic rings. The van der Waals surface area contributed by atoms with Gasteiger partial charge in [0.25, 0.3) is 0 Å². The Morgan fingerprint density at radius 1 is 0.299 bits per heavy atom. The van der Waals surface area contributed by atoms with Crippen molar-refractivity contribution in [3.8, 4) is 90.3 Å². The fourth-order valence-electron chi connectivity index (χ4n) is 17.2. The minimum Gasteiger partial charge on any atom is -0.378 e. The molecule has 4 saturated heterocycles. The summed E-state index contributed by atoms with van der Waals surface area (Å²) >= 11 is 0. The molecule has 8 N–H and O–H groups in total. The highest BCUT2D eigenvalue weighted by atomic mass is 16.5. The van der Waals surface area contributed by atoms with Crippen LogP contribution in [0.4, 0.5) is 46.0 Å². The fourth-order valence-corrected chi connectivity index (χ4v) is 17.2. The van der Waals surface area contributed by atoms with Crippen molar-refractivity contribution < 1.29 is 56.2 Å². The van der Waals surface area contributed by atoms with Crippen molar-refractivity contribution in [1.29, 1.82) is 0 Å². The van der Waals surface area contributed by atoms with Crippen LogP contribution in [0.2, 0.25) is 0 Å². The number of nitrogens with one attached hydrogen (secondary N) is 8. The highest BCUT2D eigenvalue weighted by Crippen LogP contribution is 2.37. The molecule has 7 aromatic carbocycles. The molecule has 0 radical (unpaired) electrons. The molecule has 4 fully saturated rings. The van der Waals surface area contributed by atoms with Crippen molar-refractivity contribution in [2.24, 2.45) is 0 Å². The first-order valence-corrected chi connectivity index (χ1v) is 47.1. The molecule has 4 amide bonds. The first-order valence-electron chi connectivity index (χ1n) is 47.1. The van der Waals surface area contributed by atoms with E-state index in [-0.39, 0.29) is 49.3 Å². The van der Waals surface area contributed by atoms with E-state index < -0.39 is 0 Å². The maximum atomic E-state index is 12.6. The Bertz CT molecular complexity index is 6870. The number of benzene rings is 7. The monoisotopic (exact) mass is 1920 g/mol. The number of pyridine rings is 3. The Morgan fingerprint density at radius 2 is 0.653 bits per heavy atom. The van der Waals surface area contributed by atoms with E-state index in [4.69, 9.17) is 42.0 Å². The average Bonchev–Trinajstić information content (AvgIpc) is 1.65. The number of fused-ring (bicyclic) bond motifs is 4. The Labute approximate surface area is 822 Å². The number of H-pyrrole nitrogens is 4. The molecule has 0 bridgehead atoms. The van der Waals surface area contributed by atoms with Gasteiger partial charge in [0, 0.05) is 174 Å². The predicted molar refractivity (Wildman–Crippen MR) is 544 cm³/mol. The van der Waals surface area contributed by atoms with Crippen molar-refractivity contribution >= 4 is 114 Å². The largest absolute Gasteiger partial charge is 0.378 e. The van der Waals surface area contributed by atoms with Crippen LogP contribution in [0.5, 0.6) is 0 Å². The fraction of sp³-hybridized carbons (Fsp3) is 0.187. The molecule has 0 spiro atoms. The van der Waals surface area contributed by atoms with Gasteiger partial charge in [-0.1, -0.05) is 136 Å². The van der Waals surface area contributed by atoms with Gasteiger partial charge in [-0.15, -0.1) is 0 Å². The van der Waals surface area contributed by atoms with Crippen LogP contribution in [0, 0.1) is 0 Å². The normalized spacial score (nSPS) is 13.7. The average molecular weight is 1920 g/mol. The van der Waals surface area contributed by atoms with Crippen LogP contribution in [0.3, 0.4) is 0 Å². The molecule has 144 heavy (non-hydrogen) atoms. The van der Waals surface area contributed by atoms with Gasteiger partial charge in [-0.25, -0.2) is 39.9 Å². The Kier molecular flexibility index (Phi) is 27.9. The third-order valence-electron chi connectivity index (χ3n) is 24.4. The minimum absolute atomic E-state index is 0.0841. The smallest absolute Gasteiger partial charge is 0.232 e. The molecule has 720 valence electrons. The molecule has 0 atom stereocenters. The van der Waals surface area contributed by atoms with E-state index in [2.05, 4.69) is 133 Å². The molecule has 0 unspecified atom stereocenters. The Hall–Kier alpha value is -18.1. The van der Waals surface area contributed by atoms with E-state index in [0.717, 1.165) is 182 Å². The molecule has 4 aliphatic rings. The maximum absolute atomic E-state index is 12.6. The summed E-state index contributed by atoms with van der Waals surface area (Å²) < 4.78 is 43.2. The number of aromatic amines is 4. The van der Waals surface area contributed by atoms with Crippen molar-refractivity contribution in [2.45, 2.75) is 25.7 Å².